The smallest absolute Gasteiger partial charge is 0.123 e. The van der Waals surface area contributed by atoms with E-state index in [2.05, 4.69) is 24.8 Å². The van der Waals surface area contributed by atoms with Gasteiger partial charge < -0.3 is 15.2 Å². The van der Waals surface area contributed by atoms with Gasteiger partial charge >= 0.3 is 0 Å². The van der Waals surface area contributed by atoms with Crippen molar-refractivity contribution < 1.29 is 9.47 Å². The van der Waals surface area contributed by atoms with E-state index >= 15 is 0 Å². The van der Waals surface area contributed by atoms with Crippen molar-refractivity contribution in [2.45, 2.75) is 32.0 Å². The van der Waals surface area contributed by atoms with E-state index in [0.717, 1.165) is 18.8 Å². The van der Waals surface area contributed by atoms with Crippen molar-refractivity contribution in [2.75, 3.05) is 26.8 Å². The van der Waals surface area contributed by atoms with E-state index in [1.165, 1.54) is 5.56 Å². The standard InChI is InChI=1S/C15H24N2O2/c1-12(18-3)15(2,11-16)17-8-9-19-14-7-5-4-6-13(14)10-17/h4-7,12H,8-11,16H2,1-3H3. The zero-order valence-corrected chi connectivity index (χ0v) is 12.1. The lowest BCUT2D eigenvalue weighted by Gasteiger charge is -2.43. The molecule has 0 fully saturated rings. The van der Waals surface area contributed by atoms with E-state index in [-0.39, 0.29) is 11.6 Å². The molecule has 0 aromatic heterocycles. The summed E-state index contributed by atoms with van der Waals surface area (Å²) < 4.78 is 11.3. The first-order valence-electron chi connectivity index (χ1n) is 6.80. The predicted octanol–water partition coefficient (Wildman–Crippen LogP) is 1.63. The summed E-state index contributed by atoms with van der Waals surface area (Å²) in [5, 5.41) is 0. The van der Waals surface area contributed by atoms with Crippen LogP contribution in [0.3, 0.4) is 0 Å². The Morgan fingerprint density at radius 3 is 2.89 bits per heavy atom. The van der Waals surface area contributed by atoms with Crippen molar-refractivity contribution in [3.63, 3.8) is 0 Å². The minimum absolute atomic E-state index is 0.0720. The summed E-state index contributed by atoms with van der Waals surface area (Å²) in [6, 6.07) is 8.19. The van der Waals surface area contributed by atoms with Gasteiger partial charge in [0.15, 0.2) is 0 Å². The highest BCUT2D eigenvalue weighted by Gasteiger charge is 2.37. The van der Waals surface area contributed by atoms with Crippen LogP contribution in [0.2, 0.25) is 0 Å². The summed E-state index contributed by atoms with van der Waals surface area (Å²) in [4.78, 5) is 2.37. The van der Waals surface area contributed by atoms with Crippen LogP contribution < -0.4 is 10.5 Å². The quantitative estimate of drug-likeness (QED) is 0.898. The highest BCUT2D eigenvalue weighted by molar-refractivity contribution is 5.34. The molecular weight excluding hydrogens is 240 g/mol. The van der Waals surface area contributed by atoms with E-state index in [4.69, 9.17) is 15.2 Å². The number of ether oxygens (including phenoxy) is 2. The van der Waals surface area contributed by atoms with Crippen LogP contribution in [0.5, 0.6) is 5.75 Å². The van der Waals surface area contributed by atoms with Crippen LogP contribution in [0.15, 0.2) is 24.3 Å². The summed E-state index contributed by atoms with van der Waals surface area (Å²) in [6.07, 6.45) is 0.0720. The fourth-order valence-electron chi connectivity index (χ4n) is 2.57. The van der Waals surface area contributed by atoms with Crippen LogP contribution in [0, 0.1) is 0 Å². The van der Waals surface area contributed by atoms with Crippen LogP contribution in [-0.2, 0) is 11.3 Å². The van der Waals surface area contributed by atoms with Gasteiger partial charge in [0.1, 0.15) is 12.4 Å². The molecule has 0 radical (unpaired) electrons. The van der Waals surface area contributed by atoms with Gasteiger partial charge in [-0.2, -0.15) is 0 Å². The number of nitrogens with zero attached hydrogens (tertiary/aromatic N) is 1. The maximum Gasteiger partial charge on any atom is 0.123 e. The first-order chi connectivity index (χ1) is 9.11. The summed E-state index contributed by atoms with van der Waals surface area (Å²) in [7, 11) is 1.74. The van der Waals surface area contributed by atoms with E-state index in [1.807, 2.05) is 18.2 Å². The van der Waals surface area contributed by atoms with Gasteiger partial charge in [-0.1, -0.05) is 18.2 Å². The molecule has 0 amide bonds. The van der Waals surface area contributed by atoms with Crippen LogP contribution >= 0.6 is 0 Å². The molecule has 2 atom stereocenters. The van der Waals surface area contributed by atoms with Crippen molar-refractivity contribution >= 4 is 0 Å². The zero-order chi connectivity index (χ0) is 13.9. The Kier molecular flexibility index (Phi) is 4.45. The number of hydrogen-bond donors (Lipinski definition) is 1. The SMILES string of the molecule is COC(C)C(C)(CN)N1CCOc2ccccc2C1. The molecule has 2 N–H and O–H groups in total. The van der Waals surface area contributed by atoms with Gasteiger partial charge in [-0.15, -0.1) is 0 Å². The molecule has 1 aliphatic heterocycles. The maximum absolute atomic E-state index is 6.02. The van der Waals surface area contributed by atoms with E-state index in [1.54, 1.807) is 7.11 Å². The number of benzene rings is 1. The molecule has 1 aromatic rings. The Hall–Kier alpha value is -1.10. The molecule has 0 saturated carbocycles. The molecule has 19 heavy (non-hydrogen) atoms. The van der Waals surface area contributed by atoms with Gasteiger partial charge in [0.25, 0.3) is 0 Å². The Morgan fingerprint density at radius 2 is 2.21 bits per heavy atom. The molecule has 0 spiro atoms. The third kappa shape index (κ3) is 2.76. The van der Waals surface area contributed by atoms with Crippen molar-refractivity contribution in [2.24, 2.45) is 5.73 Å². The van der Waals surface area contributed by atoms with Crippen LogP contribution in [0.25, 0.3) is 0 Å². The van der Waals surface area contributed by atoms with Gasteiger partial charge in [0, 0.05) is 32.3 Å². The van der Waals surface area contributed by atoms with Crippen LogP contribution in [-0.4, -0.2) is 43.3 Å². The minimum Gasteiger partial charge on any atom is -0.492 e. The number of methoxy groups -OCH3 is 1. The lowest BCUT2D eigenvalue weighted by molar-refractivity contribution is -0.0365. The summed E-state index contributed by atoms with van der Waals surface area (Å²) >= 11 is 0. The van der Waals surface area contributed by atoms with Crippen molar-refractivity contribution in [1.29, 1.82) is 0 Å². The molecule has 0 aliphatic carbocycles. The lowest BCUT2D eigenvalue weighted by Crippen LogP contribution is -2.59. The average molecular weight is 264 g/mol. The molecule has 1 aliphatic rings. The Balaban J connectivity index is 2.26. The highest BCUT2D eigenvalue weighted by Crippen LogP contribution is 2.28. The van der Waals surface area contributed by atoms with E-state index in [9.17, 15) is 0 Å². The Morgan fingerprint density at radius 1 is 1.47 bits per heavy atom. The second-order valence-corrected chi connectivity index (χ2v) is 5.32. The first-order valence-corrected chi connectivity index (χ1v) is 6.80. The molecule has 2 unspecified atom stereocenters. The molecule has 0 bridgehead atoms. The van der Waals surface area contributed by atoms with Gasteiger partial charge in [-0.25, -0.2) is 0 Å². The van der Waals surface area contributed by atoms with Crippen molar-refractivity contribution in [1.82, 2.24) is 4.90 Å². The Labute approximate surface area is 115 Å². The maximum atomic E-state index is 6.02. The third-order valence-electron chi connectivity index (χ3n) is 4.32. The molecule has 4 heteroatoms. The molecule has 1 aromatic carbocycles. The number of hydrogen-bond acceptors (Lipinski definition) is 4. The normalized spacial score (nSPS) is 20.8. The monoisotopic (exact) mass is 264 g/mol. The van der Waals surface area contributed by atoms with Crippen LogP contribution in [0.1, 0.15) is 19.4 Å². The molecule has 2 rings (SSSR count). The Bertz CT molecular complexity index is 424. The molecule has 1 heterocycles. The second kappa shape index (κ2) is 5.90. The van der Waals surface area contributed by atoms with Gasteiger partial charge in [0.2, 0.25) is 0 Å². The average Bonchev–Trinajstić information content (AvgIpc) is 2.67. The summed E-state index contributed by atoms with van der Waals surface area (Å²) in [6.45, 7) is 7.18. The predicted molar refractivity (Wildman–Crippen MR) is 76.3 cm³/mol. The van der Waals surface area contributed by atoms with Crippen molar-refractivity contribution in [3.05, 3.63) is 29.8 Å². The zero-order valence-electron chi connectivity index (χ0n) is 12.1. The fraction of sp³-hybridized carbons (Fsp3) is 0.600. The molecule has 0 saturated heterocycles. The molecule has 106 valence electrons. The molecule has 4 nitrogen and oxygen atoms in total. The second-order valence-electron chi connectivity index (χ2n) is 5.32. The van der Waals surface area contributed by atoms with Crippen molar-refractivity contribution in [3.8, 4) is 5.75 Å². The summed E-state index contributed by atoms with van der Waals surface area (Å²) in [5.41, 5.74) is 7.05. The number of nitrogens with two attached hydrogens (primary N) is 1. The van der Waals surface area contributed by atoms with Gasteiger partial charge in [-0.3, -0.25) is 4.90 Å². The third-order valence-corrected chi connectivity index (χ3v) is 4.32. The van der Waals surface area contributed by atoms with E-state index < -0.39 is 0 Å². The van der Waals surface area contributed by atoms with Gasteiger partial charge in [-0.05, 0) is 19.9 Å². The number of fused-ring (bicyclic) bond motifs is 1. The lowest BCUT2D eigenvalue weighted by atomic mass is 9.92. The largest absolute Gasteiger partial charge is 0.492 e. The minimum atomic E-state index is -0.185. The highest BCUT2D eigenvalue weighted by atomic mass is 16.5. The van der Waals surface area contributed by atoms with E-state index in [0.29, 0.717) is 13.2 Å². The topological polar surface area (TPSA) is 47.7 Å². The van der Waals surface area contributed by atoms with Crippen LogP contribution in [0.4, 0.5) is 0 Å². The summed E-state index contributed by atoms with van der Waals surface area (Å²) in [5.74, 6) is 0.981. The number of para-hydroxylation sites is 1. The fourth-order valence-corrected chi connectivity index (χ4v) is 2.57. The molecular formula is C15H24N2O2. The van der Waals surface area contributed by atoms with Gasteiger partial charge in [0.05, 0.1) is 11.6 Å². The first kappa shape index (κ1) is 14.3. The number of rotatable bonds is 4.